The van der Waals surface area contributed by atoms with Crippen LogP contribution in [-0.2, 0) is 0 Å². The minimum atomic E-state index is -1.45. The van der Waals surface area contributed by atoms with Crippen LogP contribution in [0, 0.1) is 0 Å². The summed E-state index contributed by atoms with van der Waals surface area (Å²) in [6, 6.07) is 67.3. The molecule has 256 valence electrons. The fourth-order valence-corrected chi connectivity index (χ4v) is 8.75. The molecule has 3 nitrogen and oxygen atoms in total. The molecule has 8 aromatic carbocycles. The Labute approximate surface area is 313 Å². The van der Waals surface area contributed by atoms with Crippen molar-refractivity contribution in [2.45, 2.75) is 19.6 Å². The quantitative estimate of drug-likeness (QED) is 0.147. The lowest BCUT2D eigenvalue weighted by atomic mass is 9.92. The molecule has 53 heavy (non-hydrogen) atoms. The number of benzene rings is 8. The third-order valence-electron chi connectivity index (χ3n) is 10.2. The van der Waals surface area contributed by atoms with Gasteiger partial charge in [-0.25, -0.2) is 0 Å². The number of hydrogen-bond acceptors (Lipinski definition) is 3. The molecule has 0 spiro atoms. The molecule has 0 saturated heterocycles. The van der Waals surface area contributed by atoms with Crippen molar-refractivity contribution >= 4 is 58.2 Å². The van der Waals surface area contributed by atoms with E-state index in [0.29, 0.717) is 0 Å². The Hall–Kier alpha value is -6.36. The van der Waals surface area contributed by atoms with Crippen LogP contribution in [0.3, 0.4) is 0 Å². The lowest BCUT2D eigenvalue weighted by Crippen LogP contribution is -2.37. The summed E-state index contributed by atoms with van der Waals surface area (Å²) in [4.78, 5) is 4.70. The monoisotopic (exact) mass is 700 g/mol. The number of nitrogens with zero attached hydrogens (tertiary/aromatic N) is 2. The third-order valence-corrected chi connectivity index (χ3v) is 12.3. The van der Waals surface area contributed by atoms with Gasteiger partial charge in [-0.05, 0) is 77.9 Å². The van der Waals surface area contributed by atoms with Gasteiger partial charge in [0.1, 0.15) is 11.5 Å². The molecular weight excluding hydrogens is 661 g/mol. The van der Waals surface area contributed by atoms with Gasteiger partial charge in [0.2, 0.25) is 0 Å². The lowest BCUT2D eigenvalue weighted by molar-refractivity contribution is 0.487. The van der Waals surface area contributed by atoms with Crippen molar-refractivity contribution in [3.63, 3.8) is 0 Å². The van der Waals surface area contributed by atoms with E-state index in [0.717, 1.165) is 67.5 Å². The van der Waals surface area contributed by atoms with Crippen LogP contribution in [0.2, 0.25) is 19.6 Å². The zero-order valence-electron chi connectivity index (χ0n) is 30.2. The minimum absolute atomic E-state index is 0.843. The van der Waals surface area contributed by atoms with Crippen LogP contribution in [0.4, 0.5) is 34.1 Å². The van der Waals surface area contributed by atoms with Gasteiger partial charge in [-0.15, -0.1) is 0 Å². The average molecular weight is 701 g/mol. The van der Waals surface area contributed by atoms with Crippen LogP contribution < -0.4 is 19.7 Å². The topological polar surface area (TPSA) is 15.7 Å². The normalized spacial score (nSPS) is 11.8. The van der Waals surface area contributed by atoms with Crippen molar-refractivity contribution in [1.29, 1.82) is 0 Å². The van der Waals surface area contributed by atoms with E-state index in [1.54, 1.807) is 0 Å². The van der Waals surface area contributed by atoms with Gasteiger partial charge in [0.25, 0.3) is 0 Å². The van der Waals surface area contributed by atoms with Crippen molar-refractivity contribution in [1.82, 2.24) is 0 Å². The van der Waals surface area contributed by atoms with Gasteiger partial charge < -0.3 is 14.5 Å². The first-order chi connectivity index (χ1) is 25.9. The second kappa shape index (κ2) is 13.3. The van der Waals surface area contributed by atoms with Crippen LogP contribution in [0.15, 0.2) is 188 Å². The molecular formula is C49H40N2OSi. The van der Waals surface area contributed by atoms with E-state index in [4.69, 9.17) is 4.74 Å². The highest BCUT2D eigenvalue weighted by Gasteiger charge is 2.26. The Balaban J connectivity index is 1.18. The third kappa shape index (κ3) is 5.97. The smallest absolute Gasteiger partial charge is 0.137 e. The van der Waals surface area contributed by atoms with Crippen LogP contribution in [-0.4, -0.2) is 8.07 Å². The summed E-state index contributed by atoms with van der Waals surface area (Å²) in [5.74, 6) is 1.71. The van der Waals surface area contributed by atoms with Gasteiger partial charge in [-0.2, -0.15) is 0 Å². The molecule has 0 bridgehead atoms. The van der Waals surface area contributed by atoms with Gasteiger partial charge in [0.15, 0.2) is 0 Å². The number of anilines is 6. The Kier molecular flexibility index (Phi) is 8.17. The molecule has 0 radical (unpaired) electrons. The number of rotatable bonds is 8. The van der Waals surface area contributed by atoms with Crippen molar-refractivity contribution < 1.29 is 4.74 Å². The van der Waals surface area contributed by atoms with Gasteiger partial charge in [-0.1, -0.05) is 140 Å². The van der Waals surface area contributed by atoms with E-state index in [9.17, 15) is 0 Å². The maximum absolute atomic E-state index is 6.89. The highest BCUT2D eigenvalue weighted by molar-refractivity contribution is 6.88. The maximum atomic E-state index is 6.89. The summed E-state index contributed by atoms with van der Waals surface area (Å²) >= 11 is 0. The van der Waals surface area contributed by atoms with Crippen molar-refractivity contribution in [3.05, 3.63) is 188 Å². The summed E-state index contributed by atoms with van der Waals surface area (Å²) in [5, 5.41) is 3.72. The largest absolute Gasteiger partial charge is 0.456 e. The van der Waals surface area contributed by atoms with E-state index < -0.39 is 8.07 Å². The number of hydrogen-bond donors (Lipinski definition) is 0. The number of fused-ring (bicyclic) bond motifs is 2. The number of para-hydroxylation sites is 3. The molecule has 1 aliphatic rings. The second-order valence-electron chi connectivity index (χ2n) is 14.6. The summed E-state index contributed by atoms with van der Waals surface area (Å²) in [5.41, 5.74) is 11.2. The highest BCUT2D eigenvalue weighted by Crippen LogP contribution is 2.52. The maximum Gasteiger partial charge on any atom is 0.137 e. The summed E-state index contributed by atoms with van der Waals surface area (Å²) in [7, 11) is -1.45. The molecule has 1 aliphatic heterocycles. The fraction of sp³-hybridized carbons (Fsp3) is 0.0612. The van der Waals surface area contributed by atoms with Crippen LogP contribution in [0.5, 0.6) is 11.5 Å². The Morgan fingerprint density at radius 3 is 1.64 bits per heavy atom. The van der Waals surface area contributed by atoms with Crippen molar-refractivity contribution in [2.75, 3.05) is 9.80 Å². The zero-order chi connectivity index (χ0) is 35.9. The van der Waals surface area contributed by atoms with E-state index in [-0.39, 0.29) is 0 Å². The first kappa shape index (κ1) is 32.5. The molecule has 0 atom stereocenters. The van der Waals surface area contributed by atoms with Crippen molar-refractivity contribution in [3.8, 4) is 33.8 Å². The standard InChI is InChI=1S/C49H40N2OSi/c1-53(2,3)40-29-26-38(27-30-40)50(36-18-9-5-10-19-36)46-33-32-43-42-31-28-39(34-48(42)52-47-25-15-23-44(46)49(43)47)51(37-20-11-6-12-21-37)45-24-14-13-22-41(45)35-16-7-4-8-17-35/h4-34H,1-3H3. The predicted octanol–water partition coefficient (Wildman–Crippen LogP) is 13.8. The average Bonchev–Trinajstić information content (AvgIpc) is 3.20. The summed E-state index contributed by atoms with van der Waals surface area (Å²) < 4.78 is 6.89. The van der Waals surface area contributed by atoms with Gasteiger partial charge in [-0.3, -0.25) is 0 Å². The van der Waals surface area contributed by atoms with Crippen LogP contribution in [0.25, 0.3) is 33.0 Å². The molecule has 9 rings (SSSR count). The first-order valence-electron chi connectivity index (χ1n) is 18.3. The van der Waals surface area contributed by atoms with E-state index >= 15 is 0 Å². The second-order valence-corrected chi connectivity index (χ2v) is 19.7. The Morgan fingerprint density at radius 1 is 0.396 bits per heavy atom. The Bertz CT molecular complexity index is 2560. The molecule has 0 fully saturated rings. The molecule has 1 heterocycles. The predicted molar refractivity (Wildman–Crippen MR) is 227 cm³/mol. The molecule has 0 amide bonds. The molecule has 0 aromatic heterocycles. The van der Waals surface area contributed by atoms with Crippen molar-refractivity contribution in [2.24, 2.45) is 0 Å². The minimum Gasteiger partial charge on any atom is -0.456 e. The zero-order valence-corrected chi connectivity index (χ0v) is 31.2. The SMILES string of the molecule is C[Si](C)(C)c1ccc(N(c2ccccc2)c2ccc3c4c(cccc24)Oc2cc(N(c4ccccc4)c4ccccc4-c4ccccc4)ccc2-3)cc1. The summed E-state index contributed by atoms with van der Waals surface area (Å²) in [6.07, 6.45) is 0. The van der Waals surface area contributed by atoms with E-state index in [1.165, 1.54) is 16.3 Å². The Morgan fingerprint density at radius 2 is 0.962 bits per heavy atom. The van der Waals surface area contributed by atoms with Gasteiger partial charge >= 0.3 is 0 Å². The number of ether oxygens (including phenoxy) is 1. The molecule has 0 aliphatic carbocycles. The molecule has 0 N–H and O–H groups in total. The lowest BCUT2D eigenvalue weighted by Gasteiger charge is -2.31. The summed E-state index contributed by atoms with van der Waals surface area (Å²) in [6.45, 7) is 7.19. The van der Waals surface area contributed by atoms with E-state index in [2.05, 4.69) is 217 Å². The fourth-order valence-electron chi connectivity index (χ4n) is 7.59. The first-order valence-corrected chi connectivity index (χ1v) is 21.8. The molecule has 0 unspecified atom stereocenters. The van der Waals surface area contributed by atoms with Gasteiger partial charge in [0, 0.05) is 50.7 Å². The molecule has 8 aromatic rings. The molecule has 4 heteroatoms. The van der Waals surface area contributed by atoms with Crippen LogP contribution in [0.1, 0.15) is 0 Å². The van der Waals surface area contributed by atoms with Crippen LogP contribution >= 0.6 is 0 Å². The molecule has 0 saturated carbocycles. The van der Waals surface area contributed by atoms with Gasteiger partial charge in [0.05, 0.1) is 19.4 Å². The highest BCUT2D eigenvalue weighted by atomic mass is 28.3. The van der Waals surface area contributed by atoms with E-state index in [1.807, 2.05) is 0 Å².